The lowest BCUT2D eigenvalue weighted by Crippen LogP contribution is -2.36. The fraction of sp³-hybridized carbons (Fsp3) is 0.200. The molecular weight excluding hydrogens is 322 g/mol. The molecule has 122 valence electrons. The average Bonchev–Trinajstić information content (AvgIpc) is 2.59. The van der Waals surface area contributed by atoms with Gasteiger partial charge in [-0.1, -0.05) is 61.8 Å². The van der Waals surface area contributed by atoms with Gasteiger partial charge in [0, 0.05) is 11.6 Å². The van der Waals surface area contributed by atoms with E-state index in [0.29, 0.717) is 28.7 Å². The molecule has 0 aliphatic heterocycles. The highest BCUT2D eigenvalue weighted by Gasteiger charge is 2.22. The second-order valence-corrected chi connectivity index (χ2v) is 6.60. The molecule has 0 aliphatic carbocycles. The Kier molecular flexibility index (Phi) is 4.54. The number of benzene rings is 2. The molecule has 0 atom stereocenters. The molecular formula is C20H18ClNO2. The van der Waals surface area contributed by atoms with Crippen LogP contribution in [0.2, 0.25) is 5.02 Å². The van der Waals surface area contributed by atoms with Crippen molar-refractivity contribution in [1.82, 2.24) is 0 Å². The highest BCUT2D eigenvalue weighted by atomic mass is 35.5. The monoisotopic (exact) mass is 339 g/mol. The van der Waals surface area contributed by atoms with Crippen molar-refractivity contribution in [3.8, 4) is 11.1 Å². The summed E-state index contributed by atoms with van der Waals surface area (Å²) in [6, 6.07) is 15.2. The number of nitrogens with one attached hydrogen (secondary N) is 1. The largest absolute Gasteiger partial charge is 0.377 e. The molecule has 0 unspecified atom stereocenters. The van der Waals surface area contributed by atoms with E-state index in [2.05, 4.69) is 19.2 Å². The Bertz CT molecular complexity index is 918. The van der Waals surface area contributed by atoms with Gasteiger partial charge >= 0.3 is 0 Å². The van der Waals surface area contributed by atoms with Crippen molar-refractivity contribution in [3.05, 3.63) is 85.1 Å². The molecule has 0 spiro atoms. The van der Waals surface area contributed by atoms with Crippen molar-refractivity contribution in [3.63, 3.8) is 0 Å². The van der Waals surface area contributed by atoms with Gasteiger partial charge in [-0.05, 0) is 34.7 Å². The van der Waals surface area contributed by atoms with Crippen molar-refractivity contribution >= 4 is 17.3 Å². The summed E-state index contributed by atoms with van der Waals surface area (Å²) in [6.07, 6.45) is 0. The maximum atomic E-state index is 12.0. The Labute approximate surface area is 145 Å². The molecule has 0 radical (unpaired) electrons. The summed E-state index contributed by atoms with van der Waals surface area (Å²) in [7, 11) is 0. The molecule has 0 aliphatic rings. The van der Waals surface area contributed by atoms with E-state index in [9.17, 15) is 9.59 Å². The van der Waals surface area contributed by atoms with E-state index in [1.807, 2.05) is 36.4 Å². The average molecular weight is 340 g/mol. The molecule has 0 saturated carbocycles. The minimum atomic E-state index is -0.452. The van der Waals surface area contributed by atoms with Gasteiger partial charge < -0.3 is 5.32 Å². The molecule has 0 amide bonds. The third-order valence-electron chi connectivity index (χ3n) is 4.16. The van der Waals surface area contributed by atoms with E-state index in [1.54, 1.807) is 12.1 Å². The number of hydrogen-bond acceptors (Lipinski definition) is 3. The summed E-state index contributed by atoms with van der Waals surface area (Å²) in [4.78, 5) is 23.9. The number of halogens is 1. The van der Waals surface area contributed by atoms with Gasteiger partial charge in [0.15, 0.2) is 0 Å². The third kappa shape index (κ3) is 3.13. The smallest absolute Gasteiger partial charge is 0.250 e. The first kappa shape index (κ1) is 16.5. The van der Waals surface area contributed by atoms with Crippen LogP contribution < -0.4 is 16.2 Å². The molecule has 3 rings (SSSR count). The lowest BCUT2D eigenvalue weighted by molar-refractivity contribution is 0.867. The van der Waals surface area contributed by atoms with Crippen LogP contribution in [0.3, 0.4) is 0 Å². The lowest BCUT2D eigenvalue weighted by atomic mass is 9.95. The molecule has 0 aromatic heterocycles. The minimum absolute atomic E-state index is 0.396. The van der Waals surface area contributed by atoms with Crippen molar-refractivity contribution in [2.75, 3.05) is 5.32 Å². The van der Waals surface area contributed by atoms with Crippen LogP contribution in [0.5, 0.6) is 0 Å². The Morgan fingerprint density at radius 1 is 0.917 bits per heavy atom. The van der Waals surface area contributed by atoms with Gasteiger partial charge in [-0.15, -0.1) is 0 Å². The zero-order valence-electron chi connectivity index (χ0n) is 13.6. The normalized spacial score (nSPS) is 11.2. The lowest BCUT2D eigenvalue weighted by Gasteiger charge is -2.14. The van der Waals surface area contributed by atoms with Crippen LogP contribution in [0.1, 0.15) is 30.9 Å². The summed E-state index contributed by atoms with van der Waals surface area (Å²) in [5.74, 6) is 0.425. The molecule has 1 N–H and O–H groups in total. The fourth-order valence-electron chi connectivity index (χ4n) is 2.66. The van der Waals surface area contributed by atoms with Gasteiger partial charge in [0.25, 0.3) is 0 Å². The Hall–Kier alpha value is -2.39. The number of anilines is 1. The summed E-state index contributed by atoms with van der Waals surface area (Å²) < 4.78 is 0. The fourth-order valence-corrected chi connectivity index (χ4v) is 2.79. The third-order valence-corrected chi connectivity index (χ3v) is 4.41. The summed E-state index contributed by atoms with van der Waals surface area (Å²) in [5, 5.41) is 3.75. The predicted octanol–water partition coefficient (Wildman–Crippen LogP) is 4.34. The molecule has 3 aromatic carbocycles. The van der Waals surface area contributed by atoms with Crippen LogP contribution >= 0.6 is 11.6 Å². The maximum absolute atomic E-state index is 12.0. The van der Waals surface area contributed by atoms with Crippen molar-refractivity contribution < 1.29 is 0 Å². The SMILES string of the molecule is CC(C)c1ccc(-c2c(NCc3ccc(Cl)cc3)c(=O)c2=O)cc1. The van der Waals surface area contributed by atoms with Crippen molar-refractivity contribution in [2.45, 2.75) is 26.3 Å². The highest BCUT2D eigenvalue weighted by molar-refractivity contribution is 6.30. The van der Waals surface area contributed by atoms with Crippen LogP contribution in [0.25, 0.3) is 11.1 Å². The van der Waals surface area contributed by atoms with Crippen LogP contribution in [-0.2, 0) is 6.54 Å². The first-order chi connectivity index (χ1) is 11.5. The summed E-state index contributed by atoms with van der Waals surface area (Å²) in [6.45, 7) is 4.70. The van der Waals surface area contributed by atoms with Crippen LogP contribution in [-0.4, -0.2) is 0 Å². The second kappa shape index (κ2) is 6.62. The van der Waals surface area contributed by atoms with E-state index in [4.69, 9.17) is 11.6 Å². The van der Waals surface area contributed by atoms with Gasteiger partial charge in [-0.3, -0.25) is 9.59 Å². The molecule has 0 bridgehead atoms. The molecule has 24 heavy (non-hydrogen) atoms. The minimum Gasteiger partial charge on any atom is -0.377 e. The zero-order chi connectivity index (χ0) is 17.3. The van der Waals surface area contributed by atoms with E-state index in [-0.39, 0.29) is 0 Å². The number of rotatable bonds is 5. The molecule has 3 aromatic rings. The topological polar surface area (TPSA) is 46.2 Å². The highest BCUT2D eigenvalue weighted by Crippen LogP contribution is 2.26. The van der Waals surface area contributed by atoms with Crippen LogP contribution in [0.15, 0.2) is 58.1 Å². The molecule has 0 saturated heterocycles. The van der Waals surface area contributed by atoms with Gasteiger partial charge in [-0.25, -0.2) is 0 Å². The standard InChI is InChI=1S/C20H18ClNO2/c1-12(2)14-5-7-15(8-6-14)17-18(20(24)19(17)23)22-11-13-3-9-16(21)10-4-13/h3-10,12,22H,11H2,1-2H3. The zero-order valence-corrected chi connectivity index (χ0v) is 14.4. The van der Waals surface area contributed by atoms with Crippen LogP contribution in [0, 0.1) is 0 Å². The van der Waals surface area contributed by atoms with Crippen molar-refractivity contribution in [2.24, 2.45) is 0 Å². The van der Waals surface area contributed by atoms with E-state index in [0.717, 1.165) is 11.1 Å². The van der Waals surface area contributed by atoms with Gasteiger partial charge in [0.1, 0.15) is 0 Å². The van der Waals surface area contributed by atoms with Crippen LogP contribution in [0.4, 0.5) is 5.69 Å². The molecule has 0 fully saturated rings. The first-order valence-corrected chi connectivity index (χ1v) is 8.27. The van der Waals surface area contributed by atoms with E-state index < -0.39 is 10.9 Å². The summed E-state index contributed by atoms with van der Waals surface area (Å²) in [5.41, 5.74) is 2.97. The maximum Gasteiger partial charge on any atom is 0.250 e. The number of hydrogen-bond donors (Lipinski definition) is 1. The van der Waals surface area contributed by atoms with Gasteiger partial charge in [-0.2, -0.15) is 0 Å². The Morgan fingerprint density at radius 2 is 1.54 bits per heavy atom. The Morgan fingerprint density at radius 3 is 2.12 bits per heavy atom. The second-order valence-electron chi connectivity index (χ2n) is 6.16. The van der Waals surface area contributed by atoms with Gasteiger partial charge in [0.2, 0.25) is 10.9 Å². The van der Waals surface area contributed by atoms with Gasteiger partial charge in [0.05, 0.1) is 11.3 Å². The van der Waals surface area contributed by atoms with E-state index >= 15 is 0 Å². The quantitative estimate of drug-likeness (QED) is 0.703. The molecule has 0 heterocycles. The summed E-state index contributed by atoms with van der Waals surface area (Å²) >= 11 is 5.86. The van der Waals surface area contributed by atoms with Crippen molar-refractivity contribution in [1.29, 1.82) is 0 Å². The predicted molar refractivity (Wildman–Crippen MR) is 99.7 cm³/mol. The Balaban J connectivity index is 1.83. The molecule has 3 nitrogen and oxygen atoms in total. The van der Waals surface area contributed by atoms with E-state index in [1.165, 1.54) is 5.56 Å². The molecule has 4 heteroatoms. The first-order valence-electron chi connectivity index (χ1n) is 7.89.